The van der Waals surface area contributed by atoms with Crippen molar-refractivity contribution < 1.29 is 0 Å². The Bertz CT molecular complexity index is 688. The molecule has 0 aliphatic carbocycles. The van der Waals surface area contributed by atoms with Gasteiger partial charge in [-0.1, -0.05) is 6.07 Å². The number of nitrogens with zero attached hydrogens (tertiary/aromatic N) is 3. The number of rotatable bonds is 4. The fraction of sp³-hybridized carbons (Fsp3) is 0.286. The van der Waals surface area contributed by atoms with Crippen LogP contribution in [0.1, 0.15) is 16.4 Å². The molecule has 0 aliphatic rings. The summed E-state index contributed by atoms with van der Waals surface area (Å²) in [5.41, 5.74) is 3.41. The Balaban J connectivity index is 1.97. The summed E-state index contributed by atoms with van der Waals surface area (Å²) in [6, 6.07) is 6.30. The molecule has 0 saturated carbocycles. The van der Waals surface area contributed by atoms with Gasteiger partial charge in [-0.05, 0) is 24.6 Å². The number of hydrogen-bond acceptors (Lipinski definition) is 3. The van der Waals surface area contributed by atoms with E-state index in [2.05, 4.69) is 39.7 Å². The molecule has 0 fully saturated rings. The largest absolute Gasteiger partial charge is 0.327 e. The fourth-order valence-corrected chi connectivity index (χ4v) is 3.03. The van der Waals surface area contributed by atoms with Crippen LogP contribution in [-0.4, -0.2) is 14.5 Å². The molecule has 0 aliphatic heterocycles. The molecular weight excluding hydrogens is 278 g/mol. The maximum atomic E-state index is 6.01. The van der Waals surface area contributed by atoms with Crippen LogP contribution >= 0.6 is 22.9 Å². The van der Waals surface area contributed by atoms with E-state index in [0.29, 0.717) is 5.88 Å². The Hall–Kier alpha value is -1.39. The van der Waals surface area contributed by atoms with E-state index in [0.717, 1.165) is 34.8 Å². The quantitative estimate of drug-likeness (QED) is 0.685. The molecule has 0 amide bonds. The van der Waals surface area contributed by atoms with Crippen molar-refractivity contribution in [3.05, 3.63) is 46.2 Å². The molecule has 98 valence electrons. The molecule has 0 radical (unpaired) electrons. The second-order valence-electron chi connectivity index (χ2n) is 4.48. The van der Waals surface area contributed by atoms with Crippen LogP contribution in [0.4, 0.5) is 0 Å². The van der Waals surface area contributed by atoms with Gasteiger partial charge in [-0.25, -0.2) is 9.97 Å². The zero-order valence-corrected chi connectivity index (χ0v) is 12.2. The summed E-state index contributed by atoms with van der Waals surface area (Å²) in [4.78, 5) is 8.91. The Morgan fingerprint density at radius 1 is 1.37 bits per heavy atom. The van der Waals surface area contributed by atoms with Crippen LogP contribution < -0.4 is 0 Å². The number of thiazole rings is 1. The van der Waals surface area contributed by atoms with E-state index in [4.69, 9.17) is 11.6 Å². The highest BCUT2D eigenvalue weighted by atomic mass is 35.5. The molecule has 5 heteroatoms. The zero-order chi connectivity index (χ0) is 13.2. The summed E-state index contributed by atoms with van der Waals surface area (Å²) in [6.45, 7) is 2.97. The molecule has 0 spiro atoms. The maximum absolute atomic E-state index is 6.01. The number of aromatic nitrogens is 3. The van der Waals surface area contributed by atoms with Gasteiger partial charge >= 0.3 is 0 Å². The van der Waals surface area contributed by atoms with Crippen molar-refractivity contribution in [3.8, 4) is 0 Å². The number of fused-ring (bicyclic) bond motifs is 1. The molecule has 1 aromatic carbocycles. The molecule has 3 nitrogen and oxygen atoms in total. The summed E-state index contributed by atoms with van der Waals surface area (Å²) in [5, 5.41) is 3.16. The Morgan fingerprint density at radius 2 is 2.26 bits per heavy atom. The first-order valence-corrected chi connectivity index (χ1v) is 7.59. The van der Waals surface area contributed by atoms with E-state index < -0.39 is 0 Å². The Labute approximate surface area is 120 Å². The van der Waals surface area contributed by atoms with Gasteiger partial charge < -0.3 is 4.57 Å². The van der Waals surface area contributed by atoms with Crippen LogP contribution in [0.2, 0.25) is 0 Å². The van der Waals surface area contributed by atoms with E-state index in [-0.39, 0.29) is 0 Å². The Morgan fingerprint density at radius 3 is 3.00 bits per heavy atom. The summed E-state index contributed by atoms with van der Waals surface area (Å²) in [5.74, 6) is 1.37. The number of benzene rings is 1. The first-order chi connectivity index (χ1) is 9.28. The van der Waals surface area contributed by atoms with Crippen molar-refractivity contribution in [1.29, 1.82) is 0 Å². The van der Waals surface area contributed by atoms with E-state index in [1.165, 1.54) is 5.56 Å². The predicted octanol–water partition coefficient (Wildman–Crippen LogP) is 3.78. The van der Waals surface area contributed by atoms with Crippen LogP contribution in [0.15, 0.2) is 29.8 Å². The topological polar surface area (TPSA) is 30.7 Å². The third kappa shape index (κ3) is 2.51. The molecule has 3 aromatic rings. The average Bonchev–Trinajstić information content (AvgIpc) is 3.03. The van der Waals surface area contributed by atoms with Gasteiger partial charge in [0.1, 0.15) is 5.82 Å². The normalized spacial score (nSPS) is 11.3. The molecule has 2 aromatic heterocycles. The lowest BCUT2D eigenvalue weighted by Gasteiger charge is -2.06. The van der Waals surface area contributed by atoms with Gasteiger partial charge in [0.2, 0.25) is 0 Å². The van der Waals surface area contributed by atoms with Gasteiger partial charge in [-0.3, -0.25) is 0 Å². The molecule has 0 N–H and O–H groups in total. The van der Waals surface area contributed by atoms with E-state index in [9.17, 15) is 0 Å². The number of halogens is 1. The van der Waals surface area contributed by atoms with Crippen molar-refractivity contribution in [1.82, 2.24) is 14.5 Å². The van der Waals surface area contributed by atoms with Crippen LogP contribution in [0.5, 0.6) is 0 Å². The number of hydrogen-bond donors (Lipinski definition) is 0. The molecule has 0 atom stereocenters. The van der Waals surface area contributed by atoms with E-state index >= 15 is 0 Å². The second kappa shape index (κ2) is 5.31. The minimum absolute atomic E-state index is 0.436. The van der Waals surface area contributed by atoms with Crippen molar-refractivity contribution in [2.75, 3.05) is 0 Å². The maximum Gasteiger partial charge on any atom is 0.124 e. The van der Waals surface area contributed by atoms with Crippen LogP contribution in [0, 0.1) is 6.92 Å². The fourth-order valence-electron chi connectivity index (χ4n) is 2.22. The summed E-state index contributed by atoms with van der Waals surface area (Å²) in [7, 11) is 0. The third-order valence-electron chi connectivity index (χ3n) is 3.14. The first kappa shape index (κ1) is 12.6. The van der Waals surface area contributed by atoms with Crippen LogP contribution in [0.25, 0.3) is 11.0 Å². The lowest BCUT2D eigenvalue weighted by Crippen LogP contribution is -2.05. The van der Waals surface area contributed by atoms with Crippen molar-refractivity contribution >= 4 is 34.0 Å². The standard InChI is InChI=1S/C14H14ClN3S/c1-10-2-3-11-12(8-10)18(13(9-15)17-11)6-4-14-16-5-7-19-14/h2-3,5,7-8H,4,6,9H2,1H3. The molecule has 0 unspecified atom stereocenters. The van der Waals surface area contributed by atoms with Gasteiger partial charge in [0.15, 0.2) is 0 Å². The zero-order valence-electron chi connectivity index (χ0n) is 10.6. The number of imidazole rings is 1. The van der Waals surface area contributed by atoms with Crippen molar-refractivity contribution in [2.24, 2.45) is 0 Å². The first-order valence-electron chi connectivity index (χ1n) is 6.18. The SMILES string of the molecule is Cc1ccc2nc(CCl)n(CCc3nccs3)c2c1. The molecule has 2 heterocycles. The summed E-state index contributed by atoms with van der Waals surface area (Å²) >= 11 is 7.70. The van der Waals surface area contributed by atoms with Gasteiger partial charge in [0.05, 0.1) is 21.9 Å². The van der Waals surface area contributed by atoms with Crippen molar-refractivity contribution in [2.45, 2.75) is 25.8 Å². The minimum atomic E-state index is 0.436. The highest BCUT2D eigenvalue weighted by Gasteiger charge is 2.10. The van der Waals surface area contributed by atoms with Gasteiger partial charge in [-0.15, -0.1) is 22.9 Å². The molecule has 0 bridgehead atoms. The molecular formula is C14H14ClN3S. The monoisotopic (exact) mass is 291 g/mol. The van der Waals surface area contributed by atoms with Crippen LogP contribution in [-0.2, 0) is 18.8 Å². The van der Waals surface area contributed by atoms with Gasteiger partial charge in [-0.2, -0.15) is 0 Å². The number of alkyl halides is 1. The number of aryl methyl sites for hydroxylation is 3. The Kier molecular flexibility index (Phi) is 3.53. The predicted molar refractivity (Wildman–Crippen MR) is 79.8 cm³/mol. The summed E-state index contributed by atoms with van der Waals surface area (Å²) < 4.78 is 2.21. The van der Waals surface area contributed by atoms with Gasteiger partial charge in [0.25, 0.3) is 0 Å². The summed E-state index contributed by atoms with van der Waals surface area (Å²) in [6.07, 6.45) is 2.76. The molecule has 19 heavy (non-hydrogen) atoms. The van der Waals surface area contributed by atoms with E-state index in [1.54, 1.807) is 11.3 Å². The lowest BCUT2D eigenvalue weighted by molar-refractivity contribution is 0.685. The lowest BCUT2D eigenvalue weighted by atomic mass is 10.2. The highest BCUT2D eigenvalue weighted by Crippen LogP contribution is 2.20. The minimum Gasteiger partial charge on any atom is -0.327 e. The molecule has 0 saturated heterocycles. The van der Waals surface area contributed by atoms with Crippen LogP contribution in [0.3, 0.4) is 0 Å². The van der Waals surface area contributed by atoms with E-state index in [1.807, 2.05) is 11.6 Å². The molecule has 3 rings (SSSR count). The third-order valence-corrected chi connectivity index (χ3v) is 4.21. The average molecular weight is 292 g/mol. The highest BCUT2D eigenvalue weighted by molar-refractivity contribution is 7.09. The van der Waals surface area contributed by atoms with Crippen molar-refractivity contribution in [3.63, 3.8) is 0 Å². The smallest absolute Gasteiger partial charge is 0.124 e. The second-order valence-corrected chi connectivity index (χ2v) is 5.73. The van der Waals surface area contributed by atoms with Gasteiger partial charge in [0, 0.05) is 24.5 Å².